The maximum atomic E-state index is 12.2. The van der Waals surface area contributed by atoms with Crippen LogP contribution < -0.4 is 14.9 Å². The van der Waals surface area contributed by atoms with Crippen LogP contribution in [0.2, 0.25) is 0 Å². The minimum Gasteiger partial charge on any atom is -0.493 e. The second-order valence-electron chi connectivity index (χ2n) is 5.12. The van der Waals surface area contributed by atoms with Gasteiger partial charge < -0.3 is 14.5 Å². The maximum Gasteiger partial charge on any atom is 0.192 e. The number of aryl methyl sites for hydroxylation is 1. The van der Waals surface area contributed by atoms with Crippen molar-refractivity contribution in [2.45, 2.75) is 13.5 Å². The average Bonchev–Trinajstić information content (AvgIpc) is 2.57. The standard InChI is InChI=1S/C18H17NO3/c1-12-10-19-15-9-17(16(21-2)8-14(15)18(12)20)22-11-13-6-4-3-5-7-13/h3-10H,11H2,1-2H3,(H,19,20). The number of nitrogens with one attached hydrogen (secondary N) is 1. The van der Waals surface area contributed by atoms with Crippen LogP contribution in [0.1, 0.15) is 11.1 Å². The van der Waals surface area contributed by atoms with Gasteiger partial charge >= 0.3 is 0 Å². The van der Waals surface area contributed by atoms with Crippen molar-refractivity contribution < 1.29 is 9.47 Å². The van der Waals surface area contributed by atoms with Crippen LogP contribution in [0.15, 0.2) is 53.5 Å². The van der Waals surface area contributed by atoms with Crippen LogP contribution in [0.3, 0.4) is 0 Å². The Kier molecular flexibility index (Phi) is 3.83. The molecule has 2 aromatic carbocycles. The van der Waals surface area contributed by atoms with Gasteiger partial charge in [-0.25, -0.2) is 0 Å². The van der Waals surface area contributed by atoms with E-state index in [2.05, 4.69) is 4.98 Å². The van der Waals surface area contributed by atoms with Crippen molar-refractivity contribution >= 4 is 10.9 Å². The number of benzene rings is 2. The molecule has 0 aliphatic rings. The van der Waals surface area contributed by atoms with Gasteiger partial charge in [-0.05, 0) is 18.6 Å². The van der Waals surface area contributed by atoms with Crippen molar-refractivity contribution in [2.24, 2.45) is 0 Å². The number of rotatable bonds is 4. The molecule has 0 aliphatic heterocycles. The maximum absolute atomic E-state index is 12.2. The van der Waals surface area contributed by atoms with Crippen LogP contribution in [0.4, 0.5) is 0 Å². The Bertz CT molecular complexity index is 853. The van der Waals surface area contributed by atoms with E-state index in [0.29, 0.717) is 29.1 Å². The van der Waals surface area contributed by atoms with E-state index in [9.17, 15) is 4.79 Å². The summed E-state index contributed by atoms with van der Waals surface area (Å²) in [5.41, 5.74) is 2.48. The van der Waals surface area contributed by atoms with E-state index in [0.717, 1.165) is 11.1 Å². The first kappa shape index (κ1) is 14.2. The fourth-order valence-electron chi connectivity index (χ4n) is 2.34. The number of hydrogen-bond acceptors (Lipinski definition) is 3. The number of aromatic nitrogens is 1. The van der Waals surface area contributed by atoms with Gasteiger partial charge in [0, 0.05) is 23.2 Å². The van der Waals surface area contributed by atoms with E-state index in [1.54, 1.807) is 32.4 Å². The van der Waals surface area contributed by atoms with Crippen molar-refractivity contribution in [3.63, 3.8) is 0 Å². The highest BCUT2D eigenvalue weighted by atomic mass is 16.5. The second kappa shape index (κ2) is 5.93. The van der Waals surface area contributed by atoms with Gasteiger partial charge in [0.05, 0.1) is 12.6 Å². The number of fused-ring (bicyclic) bond motifs is 1. The molecule has 0 unspecified atom stereocenters. The third-order valence-electron chi connectivity index (χ3n) is 3.59. The lowest BCUT2D eigenvalue weighted by molar-refractivity contribution is 0.285. The highest BCUT2D eigenvalue weighted by Gasteiger charge is 2.10. The van der Waals surface area contributed by atoms with Gasteiger partial charge in [0.1, 0.15) is 6.61 Å². The number of ether oxygens (including phenoxy) is 2. The zero-order valence-corrected chi connectivity index (χ0v) is 12.6. The Balaban J connectivity index is 1.98. The molecule has 0 spiro atoms. The molecule has 0 atom stereocenters. The lowest BCUT2D eigenvalue weighted by Gasteiger charge is -2.12. The Morgan fingerprint density at radius 3 is 2.59 bits per heavy atom. The summed E-state index contributed by atoms with van der Waals surface area (Å²) in [6.07, 6.45) is 1.71. The third kappa shape index (κ3) is 2.68. The van der Waals surface area contributed by atoms with Crippen LogP contribution in [-0.2, 0) is 6.61 Å². The van der Waals surface area contributed by atoms with Gasteiger partial charge in [0.2, 0.25) is 0 Å². The summed E-state index contributed by atoms with van der Waals surface area (Å²) >= 11 is 0. The van der Waals surface area contributed by atoms with Gasteiger partial charge in [-0.3, -0.25) is 4.79 Å². The molecular formula is C18H17NO3. The molecule has 112 valence electrons. The number of aromatic amines is 1. The van der Waals surface area contributed by atoms with E-state index in [1.807, 2.05) is 30.3 Å². The van der Waals surface area contributed by atoms with E-state index in [4.69, 9.17) is 9.47 Å². The van der Waals surface area contributed by atoms with Gasteiger partial charge in [-0.1, -0.05) is 30.3 Å². The Morgan fingerprint density at radius 2 is 1.86 bits per heavy atom. The molecule has 22 heavy (non-hydrogen) atoms. The lowest BCUT2D eigenvalue weighted by Crippen LogP contribution is -2.07. The first-order valence-electron chi connectivity index (χ1n) is 7.06. The van der Waals surface area contributed by atoms with Crippen LogP contribution in [0, 0.1) is 6.92 Å². The topological polar surface area (TPSA) is 51.3 Å². The van der Waals surface area contributed by atoms with Crippen molar-refractivity contribution in [2.75, 3.05) is 7.11 Å². The average molecular weight is 295 g/mol. The molecule has 0 aliphatic carbocycles. The summed E-state index contributed by atoms with van der Waals surface area (Å²) in [6, 6.07) is 13.4. The van der Waals surface area contributed by atoms with Crippen LogP contribution in [-0.4, -0.2) is 12.1 Å². The SMILES string of the molecule is COc1cc2c(=O)c(C)c[nH]c2cc1OCc1ccccc1. The molecule has 0 radical (unpaired) electrons. The smallest absolute Gasteiger partial charge is 0.192 e. The second-order valence-corrected chi connectivity index (χ2v) is 5.12. The third-order valence-corrected chi connectivity index (χ3v) is 3.59. The molecule has 1 aromatic heterocycles. The van der Waals surface area contributed by atoms with Crippen molar-refractivity contribution in [1.29, 1.82) is 0 Å². The number of methoxy groups -OCH3 is 1. The molecule has 0 saturated carbocycles. The predicted molar refractivity (Wildman–Crippen MR) is 86.6 cm³/mol. The molecule has 4 nitrogen and oxygen atoms in total. The summed E-state index contributed by atoms with van der Waals surface area (Å²) in [7, 11) is 1.57. The highest BCUT2D eigenvalue weighted by molar-refractivity contribution is 5.82. The fraction of sp³-hybridized carbons (Fsp3) is 0.167. The normalized spacial score (nSPS) is 10.6. The van der Waals surface area contributed by atoms with Gasteiger partial charge in [0.25, 0.3) is 0 Å². The van der Waals surface area contributed by atoms with Crippen molar-refractivity contribution in [3.8, 4) is 11.5 Å². The van der Waals surface area contributed by atoms with Crippen LogP contribution >= 0.6 is 0 Å². The minimum atomic E-state index is 0.00154. The molecule has 0 saturated heterocycles. The van der Waals surface area contributed by atoms with Crippen molar-refractivity contribution in [1.82, 2.24) is 4.98 Å². The van der Waals surface area contributed by atoms with Crippen LogP contribution in [0.5, 0.6) is 11.5 Å². The molecule has 0 bridgehead atoms. The van der Waals surface area contributed by atoms with E-state index < -0.39 is 0 Å². The molecule has 0 fully saturated rings. The first-order valence-corrected chi connectivity index (χ1v) is 7.06. The quantitative estimate of drug-likeness (QED) is 0.802. The summed E-state index contributed by atoms with van der Waals surface area (Å²) in [5.74, 6) is 1.16. The van der Waals surface area contributed by atoms with E-state index >= 15 is 0 Å². The number of H-pyrrole nitrogens is 1. The number of hydrogen-bond donors (Lipinski definition) is 1. The molecule has 0 amide bonds. The largest absolute Gasteiger partial charge is 0.493 e. The highest BCUT2D eigenvalue weighted by Crippen LogP contribution is 2.31. The Labute approximate surface area is 128 Å². The van der Waals surface area contributed by atoms with Gasteiger partial charge in [-0.2, -0.15) is 0 Å². The summed E-state index contributed by atoms with van der Waals surface area (Å²) in [4.78, 5) is 15.3. The monoisotopic (exact) mass is 295 g/mol. The van der Waals surface area contributed by atoms with E-state index in [-0.39, 0.29) is 5.43 Å². The summed E-state index contributed by atoms with van der Waals surface area (Å²) < 4.78 is 11.2. The molecular weight excluding hydrogens is 278 g/mol. The minimum absolute atomic E-state index is 0.00154. The molecule has 4 heteroatoms. The lowest BCUT2D eigenvalue weighted by atomic mass is 10.1. The molecule has 1 heterocycles. The Hall–Kier alpha value is -2.75. The summed E-state index contributed by atoms with van der Waals surface area (Å²) in [5, 5.41) is 0.601. The van der Waals surface area contributed by atoms with E-state index in [1.165, 1.54) is 0 Å². The van der Waals surface area contributed by atoms with Crippen molar-refractivity contribution in [3.05, 3.63) is 70.0 Å². The Morgan fingerprint density at radius 1 is 1.09 bits per heavy atom. The predicted octanol–water partition coefficient (Wildman–Crippen LogP) is 3.42. The summed E-state index contributed by atoms with van der Waals surface area (Å²) in [6.45, 7) is 2.23. The molecule has 1 N–H and O–H groups in total. The number of pyridine rings is 1. The zero-order chi connectivity index (χ0) is 15.5. The molecule has 3 aromatic rings. The first-order chi connectivity index (χ1) is 10.7. The fourth-order valence-corrected chi connectivity index (χ4v) is 2.34. The molecule has 3 rings (SSSR count). The zero-order valence-electron chi connectivity index (χ0n) is 12.6. The van der Waals surface area contributed by atoms with Gasteiger partial charge in [-0.15, -0.1) is 0 Å². The van der Waals surface area contributed by atoms with Gasteiger partial charge in [0.15, 0.2) is 16.9 Å². The van der Waals surface area contributed by atoms with Crippen LogP contribution in [0.25, 0.3) is 10.9 Å².